The van der Waals surface area contributed by atoms with Gasteiger partial charge in [-0.3, -0.25) is 4.79 Å². The Labute approximate surface area is 216 Å². The molecule has 0 fully saturated rings. The Hall–Kier alpha value is -2.77. The molecule has 0 unspecified atom stereocenters. The molecule has 1 amide bonds. The van der Waals surface area contributed by atoms with Crippen LogP contribution < -0.4 is 15.5 Å². The lowest BCUT2D eigenvalue weighted by atomic mass is 10.1. The Morgan fingerprint density at radius 3 is 2.44 bits per heavy atom. The maximum absolute atomic E-state index is 12.2. The third-order valence-corrected chi connectivity index (χ3v) is 5.95. The van der Waals surface area contributed by atoms with E-state index >= 15 is 0 Å². The van der Waals surface area contributed by atoms with Crippen LogP contribution in [-0.2, 0) is 6.54 Å². The number of hydrogen-bond donors (Lipinski definition) is 3. The second-order valence-electron chi connectivity index (χ2n) is 7.62. The fourth-order valence-corrected chi connectivity index (χ4v) is 3.77. The SMILES string of the molecule is Cc1cc(/C=N/NC(=O)c2ccc(O)c(Cl)c2)cc(C)c1OCCNCc1ccc(Cl)c(Cl)c1.[HH].[HH]. The number of halogens is 3. The summed E-state index contributed by atoms with van der Waals surface area (Å²) in [6.07, 6.45) is 1.56. The number of benzene rings is 3. The van der Waals surface area contributed by atoms with Crippen molar-refractivity contribution in [2.24, 2.45) is 5.10 Å². The van der Waals surface area contributed by atoms with Gasteiger partial charge in [0.15, 0.2) is 0 Å². The average molecular weight is 525 g/mol. The highest BCUT2D eigenvalue weighted by Gasteiger charge is 2.09. The normalized spacial score (nSPS) is 11.1. The fraction of sp³-hybridized carbons (Fsp3) is 0.200. The Morgan fingerprint density at radius 2 is 1.76 bits per heavy atom. The van der Waals surface area contributed by atoms with Crippen molar-refractivity contribution in [3.63, 3.8) is 0 Å². The predicted octanol–water partition coefficient (Wildman–Crippen LogP) is 6.39. The molecule has 6 nitrogen and oxygen atoms in total. The maximum Gasteiger partial charge on any atom is 0.271 e. The second kappa shape index (κ2) is 12.1. The summed E-state index contributed by atoms with van der Waals surface area (Å²) in [6, 6.07) is 13.6. The molecule has 3 aromatic carbocycles. The van der Waals surface area contributed by atoms with Crippen molar-refractivity contribution >= 4 is 46.9 Å². The third-order valence-electron chi connectivity index (χ3n) is 4.91. The summed E-state index contributed by atoms with van der Waals surface area (Å²) in [5.74, 6) is 0.299. The summed E-state index contributed by atoms with van der Waals surface area (Å²) >= 11 is 17.8. The number of hydrogen-bond acceptors (Lipinski definition) is 5. The number of aromatic hydroxyl groups is 1. The molecular weight excluding hydrogens is 497 g/mol. The van der Waals surface area contributed by atoms with E-state index in [4.69, 9.17) is 39.5 Å². The highest BCUT2D eigenvalue weighted by Crippen LogP contribution is 2.25. The Kier molecular flexibility index (Phi) is 9.19. The van der Waals surface area contributed by atoms with Gasteiger partial charge in [0.2, 0.25) is 0 Å². The van der Waals surface area contributed by atoms with E-state index in [2.05, 4.69) is 15.8 Å². The molecule has 0 radical (unpaired) electrons. The van der Waals surface area contributed by atoms with Crippen LogP contribution in [0.15, 0.2) is 53.6 Å². The van der Waals surface area contributed by atoms with Gasteiger partial charge in [0, 0.05) is 21.5 Å². The number of carbonyl (C=O) groups excluding carboxylic acids is 1. The highest BCUT2D eigenvalue weighted by molar-refractivity contribution is 6.42. The lowest BCUT2D eigenvalue weighted by Crippen LogP contribution is -2.21. The molecule has 0 saturated carbocycles. The van der Waals surface area contributed by atoms with Gasteiger partial charge in [-0.2, -0.15) is 5.10 Å². The predicted molar refractivity (Wildman–Crippen MR) is 142 cm³/mol. The monoisotopic (exact) mass is 523 g/mol. The van der Waals surface area contributed by atoms with Crippen LogP contribution in [0.1, 0.15) is 35.5 Å². The fourth-order valence-electron chi connectivity index (χ4n) is 3.27. The summed E-state index contributed by atoms with van der Waals surface area (Å²) in [5.41, 5.74) is 6.54. The number of carbonyl (C=O) groups is 1. The zero-order valence-electron chi connectivity index (χ0n) is 18.7. The third kappa shape index (κ3) is 7.11. The Bertz CT molecular complexity index is 1200. The molecule has 182 valence electrons. The van der Waals surface area contributed by atoms with Crippen LogP contribution >= 0.6 is 34.8 Å². The quantitative estimate of drug-likeness (QED) is 0.172. The van der Waals surface area contributed by atoms with Crippen molar-refractivity contribution in [2.45, 2.75) is 20.4 Å². The van der Waals surface area contributed by atoms with Crippen molar-refractivity contribution < 1.29 is 17.5 Å². The molecule has 3 N–H and O–H groups in total. The topological polar surface area (TPSA) is 83.0 Å². The molecule has 0 aromatic heterocycles. The smallest absolute Gasteiger partial charge is 0.271 e. The van der Waals surface area contributed by atoms with Gasteiger partial charge < -0.3 is 15.2 Å². The molecular formula is C25H28Cl3N3O3. The van der Waals surface area contributed by atoms with Gasteiger partial charge in [-0.15, -0.1) is 0 Å². The van der Waals surface area contributed by atoms with E-state index in [-0.39, 0.29) is 13.6 Å². The van der Waals surface area contributed by atoms with Gasteiger partial charge in [-0.25, -0.2) is 5.43 Å². The van der Waals surface area contributed by atoms with Gasteiger partial charge >= 0.3 is 0 Å². The summed E-state index contributed by atoms with van der Waals surface area (Å²) in [7, 11) is 0. The summed E-state index contributed by atoms with van der Waals surface area (Å²) in [4.78, 5) is 12.2. The van der Waals surface area contributed by atoms with Gasteiger partial charge in [-0.1, -0.05) is 40.9 Å². The molecule has 34 heavy (non-hydrogen) atoms. The first-order valence-corrected chi connectivity index (χ1v) is 11.6. The summed E-state index contributed by atoms with van der Waals surface area (Å²) in [5, 5.41) is 18.0. The second-order valence-corrected chi connectivity index (χ2v) is 8.84. The van der Waals surface area contributed by atoms with Crippen LogP contribution in [0.3, 0.4) is 0 Å². The Morgan fingerprint density at radius 1 is 1.03 bits per heavy atom. The molecule has 0 heterocycles. The molecule has 0 bridgehead atoms. The van der Waals surface area contributed by atoms with Crippen LogP contribution in [-0.4, -0.2) is 30.4 Å². The molecule has 0 spiro atoms. The van der Waals surface area contributed by atoms with Crippen LogP contribution in [0.25, 0.3) is 0 Å². The van der Waals surface area contributed by atoms with Gasteiger partial charge in [0.25, 0.3) is 5.91 Å². The first-order chi connectivity index (χ1) is 16.2. The van der Waals surface area contributed by atoms with Crippen molar-refractivity contribution in [3.8, 4) is 11.5 Å². The first-order valence-electron chi connectivity index (χ1n) is 10.4. The largest absolute Gasteiger partial charge is 0.506 e. The number of phenolic OH excluding ortho intramolecular Hbond substituents is 1. The minimum absolute atomic E-state index is 0. The van der Waals surface area contributed by atoms with Crippen molar-refractivity contribution in [1.82, 2.24) is 10.7 Å². The minimum Gasteiger partial charge on any atom is -0.506 e. The molecule has 0 aliphatic rings. The number of phenols is 1. The van der Waals surface area contributed by atoms with Crippen molar-refractivity contribution in [3.05, 3.63) is 91.4 Å². The van der Waals surface area contributed by atoms with Crippen LogP contribution in [0.2, 0.25) is 15.1 Å². The molecule has 0 atom stereocenters. The van der Waals surface area contributed by atoms with E-state index in [1.165, 1.54) is 18.2 Å². The number of amides is 1. The maximum atomic E-state index is 12.2. The molecule has 3 rings (SSSR count). The number of nitrogens with zero attached hydrogens (tertiary/aromatic N) is 1. The van der Waals surface area contributed by atoms with Crippen molar-refractivity contribution in [1.29, 1.82) is 0 Å². The summed E-state index contributed by atoms with van der Waals surface area (Å²) < 4.78 is 5.97. The van der Waals surface area contributed by atoms with E-state index in [0.29, 0.717) is 35.3 Å². The van der Waals surface area contributed by atoms with Crippen LogP contribution in [0, 0.1) is 13.8 Å². The van der Waals surface area contributed by atoms with Gasteiger partial charge in [0.1, 0.15) is 18.1 Å². The van der Waals surface area contributed by atoms with E-state index < -0.39 is 5.91 Å². The molecule has 3 aromatic rings. The number of ether oxygens (including phenoxy) is 1. The van der Waals surface area contributed by atoms with Crippen molar-refractivity contribution in [2.75, 3.05) is 13.2 Å². The summed E-state index contributed by atoms with van der Waals surface area (Å²) in [6.45, 7) is 5.74. The number of aryl methyl sites for hydroxylation is 2. The van der Waals surface area contributed by atoms with Gasteiger partial charge in [-0.05, 0) is 78.6 Å². The van der Waals surface area contributed by atoms with E-state index in [1.807, 2.05) is 38.1 Å². The number of nitrogens with one attached hydrogen (secondary N) is 2. The lowest BCUT2D eigenvalue weighted by Gasteiger charge is -2.13. The van der Waals surface area contributed by atoms with E-state index in [1.54, 1.807) is 12.3 Å². The lowest BCUT2D eigenvalue weighted by molar-refractivity contribution is 0.0955. The first kappa shape index (κ1) is 25.8. The zero-order valence-corrected chi connectivity index (χ0v) is 20.9. The van der Waals surface area contributed by atoms with Crippen LogP contribution in [0.5, 0.6) is 11.5 Å². The molecule has 9 heteroatoms. The van der Waals surface area contributed by atoms with E-state index in [9.17, 15) is 9.90 Å². The highest BCUT2D eigenvalue weighted by atomic mass is 35.5. The minimum atomic E-state index is -0.431. The average Bonchev–Trinajstić information content (AvgIpc) is 2.79. The number of rotatable bonds is 9. The molecule has 0 aliphatic heterocycles. The van der Waals surface area contributed by atoms with Gasteiger partial charge in [0.05, 0.1) is 21.3 Å². The molecule has 0 saturated heterocycles. The number of hydrazone groups is 1. The zero-order chi connectivity index (χ0) is 24.7. The Balaban J connectivity index is 0.00000324. The van der Waals surface area contributed by atoms with Crippen LogP contribution in [0.4, 0.5) is 0 Å². The standard InChI is InChI=1S/C25H24Cl3N3O3.2H2/c1-15-9-18(14-30-31-25(33)19-4-6-23(32)22(28)12-19)10-16(2)24(15)34-8-7-29-13-17-3-5-20(26)21(27)11-17;;/h3-6,9-12,14,29,32H,7-8,13H2,1-2H3,(H,31,33);2*1H/b30-14+;;. The molecule has 0 aliphatic carbocycles. The van der Waals surface area contributed by atoms with E-state index in [0.717, 1.165) is 28.0 Å².